The van der Waals surface area contributed by atoms with Gasteiger partial charge in [-0.15, -0.1) is 0 Å². The monoisotopic (exact) mass is 416 g/mol. The number of hydrogen-bond acceptors (Lipinski definition) is 3. The van der Waals surface area contributed by atoms with Gasteiger partial charge in [-0.1, -0.05) is 113 Å². The second kappa shape index (κ2) is 13.0. The van der Waals surface area contributed by atoms with Crippen LogP contribution < -0.4 is 10.6 Å². The van der Waals surface area contributed by atoms with Crippen molar-refractivity contribution in [2.45, 2.75) is 76.5 Å². The predicted octanol–water partition coefficient (Wildman–Crippen LogP) is 5.25. The molecule has 0 spiro atoms. The summed E-state index contributed by atoms with van der Waals surface area (Å²) in [5.74, 6) is 0. The van der Waals surface area contributed by atoms with E-state index in [1.54, 1.807) is 0 Å². The van der Waals surface area contributed by atoms with Crippen LogP contribution in [-0.4, -0.2) is 28.6 Å². The lowest BCUT2D eigenvalue weighted by molar-refractivity contribution is 0.159. The highest BCUT2D eigenvalue weighted by atomic mass is 31.2. The van der Waals surface area contributed by atoms with Crippen molar-refractivity contribution in [3.8, 4) is 0 Å². The van der Waals surface area contributed by atoms with Crippen LogP contribution in [0.25, 0.3) is 0 Å². The zero-order chi connectivity index (χ0) is 21.0. The van der Waals surface area contributed by atoms with Crippen LogP contribution in [0.1, 0.15) is 64.7 Å². The minimum atomic E-state index is -2.92. The van der Waals surface area contributed by atoms with Crippen LogP contribution in [0.15, 0.2) is 60.7 Å². The lowest BCUT2D eigenvalue weighted by Gasteiger charge is -2.29. The fourth-order valence-corrected chi connectivity index (χ4v) is 7.03. The summed E-state index contributed by atoms with van der Waals surface area (Å²) in [7, 11) is -2.92. The molecule has 2 aromatic rings. The van der Waals surface area contributed by atoms with Crippen LogP contribution in [0.5, 0.6) is 0 Å². The molecule has 0 aliphatic carbocycles. The Kier molecular flexibility index (Phi) is 10.7. The standard InChI is InChI=1S/C25H37O3P/c1-22(25(27)20-14-6-4-2-3-5-7-15-21-26)29(28,23-16-10-8-11-17-23)24-18-12-9-13-19-24/h8-13,16-19,22,25-27H,2-7,14-15,20-21H2,1H3/t22-,25+/m0/s1. The SMILES string of the molecule is C[C@@H]([C@H](O)CCCCCCCCCCO)P(=O)(c1ccccc1)c1ccccc1. The van der Waals surface area contributed by atoms with E-state index in [9.17, 15) is 9.67 Å². The fourth-order valence-electron chi connectivity index (χ4n) is 3.93. The molecule has 0 aliphatic rings. The molecule has 0 bridgehead atoms. The first-order valence-corrected chi connectivity index (χ1v) is 12.9. The smallest absolute Gasteiger partial charge is 0.148 e. The van der Waals surface area contributed by atoms with E-state index in [1.165, 1.54) is 25.7 Å². The van der Waals surface area contributed by atoms with E-state index >= 15 is 0 Å². The summed E-state index contributed by atoms with van der Waals surface area (Å²) in [6, 6.07) is 19.3. The zero-order valence-electron chi connectivity index (χ0n) is 17.7. The van der Waals surface area contributed by atoms with Crippen LogP contribution in [0.2, 0.25) is 0 Å². The van der Waals surface area contributed by atoms with E-state index in [2.05, 4.69) is 0 Å². The van der Waals surface area contributed by atoms with Gasteiger partial charge in [0.2, 0.25) is 0 Å². The largest absolute Gasteiger partial charge is 0.396 e. The zero-order valence-corrected chi connectivity index (χ0v) is 18.6. The molecule has 0 amide bonds. The van der Waals surface area contributed by atoms with E-state index in [1.807, 2.05) is 67.6 Å². The van der Waals surface area contributed by atoms with Crippen molar-refractivity contribution in [2.75, 3.05) is 6.61 Å². The first-order chi connectivity index (χ1) is 14.1. The van der Waals surface area contributed by atoms with Gasteiger partial charge in [-0.3, -0.25) is 0 Å². The van der Waals surface area contributed by atoms with Crippen molar-refractivity contribution >= 4 is 17.8 Å². The summed E-state index contributed by atoms with van der Waals surface area (Å²) >= 11 is 0. The van der Waals surface area contributed by atoms with Crippen LogP contribution in [0.3, 0.4) is 0 Å². The molecule has 0 saturated heterocycles. The summed E-state index contributed by atoms with van der Waals surface area (Å²) in [5.41, 5.74) is -0.314. The summed E-state index contributed by atoms with van der Waals surface area (Å²) < 4.78 is 14.2. The van der Waals surface area contributed by atoms with E-state index in [-0.39, 0.29) is 5.66 Å². The molecule has 2 rings (SSSR count). The van der Waals surface area contributed by atoms with Gasteiger partial charge in [0, 0.05) is 22.9 Å². The van der Waals surface area contributed by atoms with Gasteiger partial charge in [0.05, 0.1) is 6.10 Å². The number of aliphatic hydroxyl groups is 2. The molecule has 2 N–H and O–H groups in total. The summed E-state index contributed by atoms with van der Waals surface area (Å²) in [6.45, 7) is 2.23. The van der Waals surface area contributed by atoms with Crippen molar-refractivity contribution < 1.29 is 14.8 Å². The van der Waals surface area contributed by atoms with E-state index in [4.69, 9.17) is 5.11 Å². The molecular weight excluding hydrogens is 379 g/mol. The Morgan fingerprint density at radius 2 is 1.14 bits per heavy atom. The maximum Gasteiger partial charge on any atom is 0.148 e. The van der Waals surface area contributed by atoms with Crippen molar-refractivity contribution in [3.05, 3.63) is 60.7 Å². The minimum Gasteiger partial charge on any atom is -0.396 e. The van der Waals surface area contributed by atoms with Crippen LogP contribution in [-0.2, 0) is 4.57 Å². The molecule has 2 atom stereocenters. The Labute approximate surface area is 176 Å². The highest BCUT2D eigenvalue weighted by molar-refractivity contribution is 7.79. The van der Waals surface area contributed by atoms with Crippen molar-refractivity contribution in [1.82, 2.24) is 0 Å². The van der Waals surface area contributed by atoms with Crippen molar-refractivity contribution in [2.24, 2.45) is 0 Å². The van der Waals surface area contributed by atoms with Gasteiger partial charge in [0.1, 0.15) is 7.14 Å². The molecule has 0 heterocycles. The topological polar surface area (TPSA) is 57.5 Å². The molecule has 0 fully saturated rings. The molecule has 160 valence electrons. The highest BCUT2D eigenvalue weighted by Gasteiger charge is 2.37. The number of hydrogen-bond donors (Lipinski definition) is 2. The third kappa shape index (κ3) is 7.10. The van der Waals surface area contributed by atoms with Gasteiger partial charge in [-0.2, -0.15) is 0 Å². The van der Waals surface area contributed by atoms with Crippen LogP contribution in [0, 0.1) is 0 Å². The third-order valence-electron chi connectivity index (χ3n) is 5.82. The Balaban J connectivity index is 1.91. The van der Waals surface area contributed by atoms with Gasteiger partial charge in [0.25, 0.3) is 0 Å². The molecule has 0 unspecified atom stereocenters. The molecule has 0 aliphatic heterocycles. The fraction of sp³-hybridized carbons (Fsp3) is 0.520. The predicted molar refractivity (Wildman–Crippen MR) is 124 cm³/mol. The quantitative estimate of drug-likeness (QED) is 0.327. The number of aliphatic hydroxyl groups excluding tert-OH is 2. The first-order valence-electron chi connectivity index (χ1n) is 11.1. The minimum absolute atomic E-state index is 0.298. The third-order valence-corrected chi connectivity index (χ3v) is 9.44. The molecule has 4 heteroatoms. The molecule has 3 nitrogen and oxygen atoms in total. The normalized spacial score (nSPS) is 13.9. The van der Waals surface area contributed by atoms with E-state index < -0.39 is 13.2 Å². The second-order valence-corrected chi connectivity index (χ2v) is 11.1. The maximum absolute atomic E-state index is 14.2. The number of benzene rings is 2. The molecule has 0 aromatic heterocycles. The summed E-state index contributed by atoms with van der Waals surface area (Å²) in [5, 5.41) is 21.3. The lowest BCUT2D eigenvalue weighted by atomic mass is 10.0. The molecule has 0 radical (unpaired) electrons. The Bertz CT molecular complexity index is 674. The Hall–Kier alpha value is -1.41. The molecule has 2 aromatic carbocycles. The van der Waals surface area contributed by atoms with Gasteiger partial charge in [-0.25, -0.2) is 0 Å². The van der Waals surface area contributed by atoms with Crippen LogP contribution in [0.4, 0.5) is 0 Å². The molecule has 29 heavy (non-hydrogen) atoms. The van der Waals surface area contributed by atoms with Crippen molar-refractivity contribution in [3.63, 3.8) is 0 Å². The summed E-state index contributed by atoms with van der Waals surface area (Å²) in [6.07, 6.45) is 9.00. The number of rotatable bonds is 14. The maximum atomic E-state index is 14.2. The Morgan fingerprint density at radius 1 is 0.724 bits per heavy atom. The molecule has 0 saturated carbocycles. The van der Waals surface area contributed by atoms with E-state index in [0.717, 1.165) is 36.3 Å². The van der Waals surface area contributed by atoms with Gasteiger partial charge >= 0.3 is 0 Å². The Morgan fingerprint density at radius 3 is 1.59 bits per heavy atom. The van der Waals surface area contributed by atoms with Crippen LogP contribution >= 0.6 is 7.14 Å². The molecular formula is C25H37O3P. The lowest BCUT2D eigenvalue weighted by Crippen LogP contribution is -2.32. The second-order valence-electron chi connectivity index (χ2n) is 7.98. The average molecular weight is 417 g/mol. The van der Waals surface area contributed by atoms with Crippen molar-refractivity contribution in [1.29, 1.82) is 0 Å². The van der Waals surface area contributed by atoms with E-state index in [0.29, 0.717) is 13.0 Å². The van der Waals surface area contributed by atoms with Gasteiger partial charge < -0.3 is 14.8 Å². The van der Waals surface area contributed by atoms with Gasteiger partial charge in [-0.05, 0) is 12.8 Å². The first kappa shape index (κ1) is 23.9. The number of unbranched alkanes of at least 4 members (excludes halogenated alkanes) is 7. The highest BCUT2D eigenvalue weighted by Crippen LogP contribution is 2.50. The summed E-state index contributed by atoms with van der Waals surface area (Å²) in [4.78, 5) is 0. The average Bonchev–Trinajstić information content (AvgIpc) is 2.78. The van der Waals surface area contributed by atoms with Gasteiger partial charge in [0.15, 0.2) is 0 Å².